The summed E-state index contributed by atoms with van der Waals surface area (Å²) >= 11 is 0. The first kappa shape index (κ1) is 14.6. The summed E-state index contributed by atoms with van der Waals surface area (Å²) in [6.45, 7) is 4.84. The standard InChI is InChI=1S/C14H23NO3/c1-14(2,9-15)8-11-12(17-4)6-10(16-3)7-13(11)18-5/h6-7H,8-9,15H2,1-5H3. The van der Waals surface area contributed by atoms with Crippen LogP contribution in [0.25, 0.3) is 0 Å². The van der Waals surface area contributed by atoms with E-state index < -0.39 is 0 Å². The van der Waals surface area contributed by atoms with Gasteiger partial charge in [0.25, 0.3) is 0 Å². The maximum atomic E-state index is 5.79. The Morgan fingerprint density at radius 2 is 1.50 bits per heavy atom. The Hall–Kier alpha value is -1.42. The maximum absolute atomic E-state index is 5.79. The molecule has 0 fully saturated rings. The zero-order valence-corrected chi connectivity index (χ0v) is 11.9. The van der Waals surface area contributed by atoms with E-state index in [4.69, 9.17) is 19.9 Å². The summed E-state index contributed by atoms with van der Waals surface area (Å²) in [5.41, 5.74) is 6.81. The molecule has 0 spiro atoms. The van der Waals surface area contributed by atoms with Crippen LogP contribution in [-0.2, 0) is 6.42 Å². The highest BCUT2D eigenvalue weighted by Crippen LogP contribution is 2.37. The van der Waals surface area contributed by atoms with E-state index in [1.807, 2.05) is 12.1 Å². The van der Waals surface area contributed by atoms with E-state index in [1.54, 1.807) is 21.3 Å². The van der Waals surface area contributed by atoms with Crippen molar-refractivity contribution in [1.82, 2.24) is 0 Å². The fourth-order valence-corrected chi connectivity index (χ4v) is 1.80. The molecule has 0 aliphatic carbocycles. The molecular formula is C14H23NO3. The average Bonchev–Trinajstić information content (AvgIpc) is 2.38. The molecule has 1 aromatic carbocycles. The van der Waals surface area contributed by atoms with Gasteiger partial charge in [0.2, 0.25) is 0 Å². The predicted octanol–water partition coefficient (Wildman–Crippen LogP) is 2.24. The van der Waals surface area contributed by atoms with Gasteiger partial charge < -0.3 is 19.9 Å². The highest BCUT2D eigenvalue weighted by Gasteiger charge is 2.22. The van der Waals surface area contributed by atoms with E-state index in [0.717, 1.165) is 29.2 Å². The first-order valence-corrected chi connectivity index (χ1v) is 5.96. The summed E-state index contributed by atoms with van der Waals surface area (Å²) in [6.07, 6.45) is 0.792. The Kier molecular flexibility index (Phi) is 4.84. The number of rotatable bonds is 6. The monoisotopic (exact) mass is 253 g/mol. The van der Waals surface area contributed by atoms with Crippen molar-refractivity contribution in [2.24, 2.45) is 11.1 Å². The number of methoxy groups -OCH3 is 3. The summed E-state index contributed by atoms with van der Waals surface area (Å²) in [7, 11) is 4.91. The van der Waals surface area contributed by atoms with E-state index in [0.29, 0.717) is 6.54 Å². The fraction of sp³-hybridized carbons (Fsp3) is 0.571. The molecule has 0 radical (unpaired) electrons. The number of benzene rings is 1. The predicted molar refractivity (Wildman–Crippen MR) is 72.6 cm³/mol. The molecule has 0 amide bonds. The smallest absolute Gasteiger partial charge is 0.129 e. The molecule has 4 heteroatoms. The summed E-state index contributed by atoms with van der Waals surface area (Å²) < 4.78 is 16.1. The van der Waals surface area contributed by atoms with Gasteiger partial charge in [-0.25, -0.2) is 0 Å². The van der Waals surface area contributed by atoms with Crippen molar-refractivity contribution in [2.75, 3.05) is 27.9 Å². The van der Waals surface area contributed by atoms with Crippen LogP contribution < -0.4 is 19.9 Å². The molecule has 0 aliphatic rings. The third-order valence-electron chi connectivity index (χ3n) is 3.03. The number of hydrogen-bond acceptors (Lipinski definition) is 4. The van der Waals surface area contributed by atoms with Crippen LogP contribution >= 0.6 is 0 Å². The molecule has 0 aliphatic heterocycles. The first-order chi connectivity index (χ1) is 8.47. The van der Waals surface area contributed by atoms with E-state index in [2.05, 4.69) is 13.8 Å². The van der Waals surface area contributed by atoms with Gasteiger partial charge >= 0.3 is 0 Å². The topological polar surface area (TPSA) is 53.7 Å². The van der Waals surface area contributed by atoms with Crippen molar-refractivity contribution < 1.29 is 14.2 Å². The minimum absolute atomic E-state index is 0.00481. The van der Waals surface area contributed by atoms with Crippen LogP contribution in [0.3, 0.4) is 0 Å². The third-order valence-corrected chi connectivity index (χ3v) is 3.03. The van der Waals surface area contributed by atoms with E-state index >= 15 is 0 Å². The molecular weight excluding hydrogens is 230 g/mol. The van der Waals surface area contributed by atoms with E-state index in [-0.39, 0.29) is 5.41 Å². The first-order valence-electron chi connectivity index (χ1n) is 5.96. The number of hydrogen-bond donors (Lipinski definition) is 1. The normalized spacial score (nSPS) is 11.2. The molecule has 0 aromatic heterocycles. The molecule has 0 unspecified atom stereocenters. The Morgan fingerprint density at radius 1 is 1.00 bits per heavy atom. The van der Waals surface area contributed by atoms with Gasteiger partial charge in [0.15, 0.2) is 0 Å². The molecule has 4 nitrogen and oxygen atoms in total. The van der Waals surface area contributed by atoms with Gasteiger partial charge in [-0.15, -0.1) is 0 Å². The molecule has 1 aromatic rings. The van der Waals surface area contributed by atoms with Gasteiger partial charge in [0.1, 0.15) is 17.2 Å². The van der Waals surface area contributed by atoms with Crippen LogP contribution in [0.5, 0.6) is 17.2 Å². The summed E-state index contributed by atoms with van der Waals surface area (Å²) in [6, 6.07) is 3.73. The number of ether oxygens (including phenoxy) is 3. The Labute approximate surface area is 109 Å². The maximum Gasteiger partial charge on any atom is 0.129 e. The molecule has 0 heterocycles. The Morgan fingerprint density at radius 3 is 1.83 bits per heavy atom. The van der Waals surface area contributed by atoms with Crippen molar-refractivity contribution in [1.29, 1.82) is 0 Å². The number of nitrogens with two attached hydrogens (primary N) is 1. The zero-order chi connectivity index (χ0) is 13.8. The van der Waals surface area contributed by atoms with Gasteiger partial charge in [0, 0.05) is 17.7 Å². The van der Waals surface area contributed by atoms with E-state index in [1.165, 1.54) is 0 Å². The highest BCUT2D eigenvalue weighted by atomic mass is 16.5. The Bertz CT molecular complexity index is 377. The van der Waals surface area contributed by atoms with Crippen molar-refractivity contribution >= 4 is 0 Å². The van der Waals surface area contributed by atoms with Gasteiger partial charge in [-0.2, -0.15) is 0 Å². The van der Waals surface area contributed by atoms with Crippen molar-refractivity contribution in [3.8, 4) is 17.2 Å². The second kappa shape index (κ2) is 5.96. The second-order valence-corrected chi connectivity index (χ2v) is 5.06. The summed E-state index contributed by atoms with van der Waals surface area (Å²) in [5.74, 6) is 2.26. The van der Waals surface area contributed by atoms with Crippen LogP contribution in [0, 0.1) is 5.41 Å². The molecule has 0 saturated heterocycles. The molecule has 18 heavy (non-hydrogen) atoms. The Balaban J connectivity index is 3.23. The molecule has 2 N–H and O–H groups in total. The quantitative estimate of drug-likeness (QED) is 0.844. The molecule has 1 rings (SSSR count). The third kappa shape index (κ3) is 3.29. The van der Waals surface area contributed by atoms with Gasteiger partial charge in [-0.3, -0.25) is 0 Å². The SMILES string of the molecule is COc1cc(OC)c(CC(C)(C)CN)c(OC)c1. The lowest BCUT2D eigenvalue weighted by Gasteiger charge is -2.25. The minimum Gasteiger partial charge on any atom is -0.496 e. The fourth-order valence-electron chi connectivity index (χ4n) is 1.80. The average molecular weight is 253 g/mol. The lowest BCUT2D eigenvalue weighted by molar-refractivity contribution is 0.336. The minimum atomic E-state index is -0.00481. The summed E-state index contributed by atoms with van der Waals surface area (Å²) in [4.78, 5) is 0. The van der Waals surface area contributed by atoms with E-state index in [9.17, 15) is 0 Å². The lowest BCUT2D eigenvalue weighted by atomic mass is 9.85. The lowest BCUT2D eigenvalue weighted by Crippen LogP contribution is -2.26. The van der Waals surface area contributed by atoms with Crippen molar-refractivity contribution in [3.05, 3.63) is 17.7 Å². The zero-order valence-electron chi connectivity index (χ0n) is 11.9. The van der Waals surface area contributed by atoms with Crippen LogP contribution in [-0.4, -0.2) is 27.9 Å². The largest absolute Gasteiger partial charge is 0.496 e. The van der Waals surface area contributed by atoms with Crippen LogP contribution in [0.4, 0.5) is 0 Å². The van der Waals surface area contributed by atoms with Crippen molar-refractivity contribution in [2.45, 2.75) is 20.3 Å². The molecule has 102 valence electrons. The van der Waals surface area contributed by atoms with Gasteiger partial charge in [-0.1, -0.05) is 13.8 Å². The molecule has 0 atom stereocenters. The van der Waals surface area contributed by atoms with Gasteiger partial charge in [-0.05, 0) is 18.4 Å². The highest BCUT2D eigenvalue weighted by molar-refractivity contribution is 5.51. The summed E-state index contributed by atoms with van der Waals surface area (Å²) in [5, 5.41) is 0. The molecule has 0 saturated carbocycles. The molecule has 0 bridgehead atoms. The van der Waals surface area contributed by atoms with Crippen LogP contribution in [0.2, 0.25) is 0 Å². The van der Waals surface area contributed by atoms with Crippen LogP contribution in [0.15, 0.2) is 12.1 Å². The van der Waals surface area contributed by atoms with Gasteiger partial charge in [0.05, 0.1) is 21.3 Å². The van der Waals surface area contributed by atoms with Crippen molar-refractivity contribution in [3.63, 3.8) is 0 Å². The van der Waals surface area contributed by atoms with Crippen LogP contribution in [0.1, 0.15) is 19.4 Å². The second-order valence-electron chi connectivity index (χ2n) is 5.06.